The van der Waals surface area contributed by atoms with Crippen molar-refractivity contribution in [2.75, 3.05) is 0 Å². The van der Waals surface area contributed by atoms with Crippen LogP contribution in [0.4, 0.5) is 0 Å². The molecule has 0 spiro atoms. The van der Waals surface area contributed by atoms with Gasteiger partial charge >= 0.3 is 24.5 Å². The van der Waals surface area contributed by atoms with Crippen LogP contribution in [0.25, 0.3) is 0 Å². The molecule has 4 heteroatoms. The average Bonchev–Trinajstić information content (AvgIpc) is 0.918. The minimum atomic E-state index is 0. The molecule has 0 rings (SSSR count). The number of rotatable bonds is 0. The van der Waals surface area contributed by atoms with Gasteiger partial charge in [-0.2, -0.15) is 0 Å². The van der Waals surface area contributed by atoms with Gasteiger partial charge in [0, 0.05) is 5.34 Å². The van der Waals surface area contributed by atoms with E-state index in [2.05, 4.69) is 0 Å². The van der Waals surface area contributed by atoms with Crippen molar-refractivity contribution in [3.05, 3.63) is 10.1 Å². The molecule has 0 atom stereocenters. The lowest BCUT2D eigenvalue weighted by Crippen LogP contribution is -2.53. The molecule has 0 bridgehead atoms. The first kappa shape index (κ1) is 8.90. The van der Waals surface area contributed by atoms with E-state index in [1.165, 1.54) is 0 Å². The Morgan fingerprint density at radius 1 is 2.00 bits per heavy atom. The summed E-state index contributed by atoms with van der Waals surface area (Å²) in [5, 5.41) is 8.38. The minimum Gasteiger partial charge on any atom is -0.267 e. The summed E-state index contributed by atoms with van der Waals surface area (Å²) >= 11 is 0. The average molecular weight is 74.3 g/mol. The highest BCUT2D eigenvalue weighted by Crippen LogP contribution is 0.618. The Morgan fingerprint density at radius 2 is 2.00 bits per heavy atom. The third-order valence-corrected chi connectivity index (χ3v) is 0. The molecule has 0 amide bonds. The van der Waals surface area contributed by atoms with Gasteiger partial charge in [-0.25, -0.2) is 0 Å². The van der Waals surface area contributed by atoms with Crippen LogP contribution in [-0.4, -0.2) is 23.1 Å². The summed E-state index contributed by atoms with van der Waals surface area (Å²) in [7, 11) is 0. The Labute approximate surface area is 40.6 Å². The second kappa shape index (κ2) is 10.9. The monoisotopic (exact) mass is 74.0 g/mol. The van der Waals surface area contributed by atoms with Crippen LogP contribution in [-0.2, 0) is 0 Å². The lowest BCUT2D eigenvalue weighted by atomic mass is 13.4. The van der Waals surface area contributed by atoms with Crippen LogP contribution in [0.2, 0.25) is 0 Å². The Bertz CT molecular complexity index is 17.1. The van der Waals surface area contributed by atoms with Crippen LogP contribution in [0.5, 0.6) is 0 Å². The van der Waals surface area contributed by atoms with E-state index in [0.29, 0.717) is 0 Å². The lowest BCUT2D eigenvalue weighted by molar-refractivity contribution is -0.398. The molecule has 0 aliphatic heterocycles. The van der Waals surface area contributed by atoms with Crippen LogP contribution >= 0.6 is 0 Å². The lowest BCUT2D eigenvalue weighted by Gasteiger charge is -1.36. The molecule has 0 aliphatic rings. The van der Waals surface area contributed by atoms with E-state index in [1.807, 2.05) is 0 Å². The zero-order valence-corrected chi connectivity index (χ0v) is 1.32. The summed E-state index contributed by atoms with van der Waals surface area (Å²) in [4.78, 5) is 8.12. The van der Waals surface area contributed by atoms with Crippen molar-refractivity contribution >= 4 is 23.1 Å². The number of hydrogen-bond donors (Lipinski definition) is 1. The Morgan fingerprint density at radius 3 is 2.00 bits per heavy atom. The van der Waals surface area contributed by atoms with Crippen molar-refractivity contribution in [1.29, 1.82) is 0 Å². The maximum absolute atomic E-state index is 8.12. The molecule has 3 nitrogen and oxygen atoms in total. The van der Waals surface area contributed by atoms with Gasteiger partial charge in [-0.3, -0.25) is 10.1 Å². The SMILES string of the molecule is O=[NH+][O-].[H+].[MgH2]. The van der Waals surface area contributed by atoms with Gasteiger partial charge in [-0.15, -0.1) is 0 Å². The molecule has 22 valence electrons. The van der Waals surface area contributed by atoms with Gasteiger partial charge in [0.15, 0.2) is 0 Å². The van der Waals surface area contributed by atoms with Crippen LogP contribution in [0.3, 0.4) is 0 Å². The summed E-state index contributed by atoms with van der Waals surface area (Å²) in [5.74, 6) is 0. The maximum Gasteiger partial charge on any atom is 1.00 e. The Hall–Kier alpha value is 0.166. The van der Waals surface area contributed by atoms with Crippen LogP contribution in [0.1, 0.15) is 1.43 Å². The zero-order chi connectivity index (χ0) is 2.71. The van der Waals surface area contributed by atoms with Crippen molar-refractivity contribution in [2.24, 2.45) is 0 Å². The summed E-state index contributed by atoms with van der Waals surface area (Å²) < 4.78 is 0. The second-order valence-corrected chi connectivity index (χ2v) is 0.0833. The van der Waals surface area contributed by atoms with E-state index in [0.717, 1.165) is 0 Å². The van der Waals surface area contributed by atoms with E-state index in [9.17, 15) is 0 Å². The molecule has 0 aliphatic carbocycles. The molecule has 0 unspecified atom stereocenters. The van der Waals surface area contributed by atoms with Crippen molar-refractivity contribution < 1.29 is 6.77 Å². The minimum absolute atomic E-state index is 0. The maximum atomic E-state index is 8.12. The summed E-state index contributed by atoms with van der Waals surface area (Å²) in [6.45, 7) is 0. The molecule has 4 heavy (non-hydrogen) atoms. The van der Waals surface area contributed by atoms with Crippen LogP contribution < -0.4 is 5.34 Å². The van der Waals surface area contributed by atoms with Gasteiger partial charge in [0.05, 0.1) is 0 Å². The van der Waals surface area contributed by atoms with Crippen molar-refractivity contribution in [3.8, 4) is 0 Å². The van der Waals surface area contributed by atoms with Gasteiger partial charge in [-0.05, 0) is 0 Å². The molecule has 0 fully saturated rings. The van der Waals surface area contributed by atoms with Crippen molar-refractivity contribution in [3.63, 3.8) is 0 Å². The van der Waals surface area contributed by atoms with E-state index >= 15 is 0 Å². The summed E-state index contributed by atoms with van der Waals surface area (Å²) in [5.41, 5.74) is 0. The fourth-order valence-electron chi connectivity index (χ4n) is 0. The molecule has 0 saturated carbocycles. The third kappa shape index (κ3) is 107. The van der Waals surface area contributed by atoms with Crippen molar-refractivity contribution in [1.82, 2.24) is 0 Å². The topological polar surface area (TPSA) is 54.1 Å². The normalized spacial score (nSPS) is 3.00. The molecule has 0 aromatic heterocycles. The first-order chi connectivity index (χ1) is 1.41. The molecule has 0 saturated heterocycles. The molecule has 0 aromatic rings. The van der Waals surface area contributed by atoms with Crippen molar-refractivity contribution in [2.45, 2.75) is 0 Å². The largest absolute Gasteiger partial charge is 1.00 e. The van der Waals surface area contributed by atoms with Crippen LogP contribution in [0, 0.1) is 10.1 Å². The first-order valence-corrected chi connectivity index (χ1v) is 0.408. The van der Waals surface area contributed by atoms with Gasteiger partial charge in [-0.1, -0.05) is 0 Å². The molecular formula is H4MgNO2+. The highest BCUT2D eigenvalue weighted by atomic mass is 24.3. The quantitative estimate of drug-likeness (QED) is 0.197. The Balaban J connectivity index is -0.0000000200. The van der Waals surface area contributed by atoms with Gasteiger partial charge < -0.3 is 0 Å². The highest BCUT2D eigenvalue weighted by molar-refractivity contribution is 5.75. The van der Waals surface area contributed by atoms with Gasteiger partial charge in [0.25, 0.3) is 0 Å². The smallest absolute Gasteiger partial charge is 0.267 e. The summed E-state index contributed by atoms with van der Waals surface area (Å²) in [6, 6.07) is 0. The fraction of sp³-hybridized carbons (Fsp3) is 0. The predicted octanol–water partition coefficient (Wildman–Crippen LogP) is -2.47. The standard InChI is InChI=1S/Mg.HNO2.2H/c;2-1-3;;/h;1H;;/p+1. The summed E-state index contributed by atoms with van der Waals surface area (Å²) in [6.07, 6.45) is 0. The fourth-order valence-corrected chi connectivity index (χ4v) is 0. The molecule has 0 heterocycles. The van der Waals surface area contributed by atoms with Crippen LogP contribution in [0.15, 0.2) is 0 Å². The zero-order valence-electron chi connectivity index (χ0n) is 2.32. The first-order valence-electron chi connectivity index (χ1n) is 0.408. The second-order valence-electron chi connectivity index (χ2n) is 0.0833. The number of hydrogen-bond acceptors (Lipinski definition) is 2. The predicted molar refractivity (Wildman–Crippen MR) is 17.4 cm³/mol. The van der Waals surface area contributed by atoms with Gasteiger partial charge in [0.2, 0.25) is 0 Å². The van der Waals surface area contributed by atoms with Gasteiger partial charge in [0.1, 0.15) is 0 Å². The molecule has 0 aromatic carbocycles. The van der Waals surface area contributed by atoms with E-state index in [-0.39, 0.29) is 29.8 Å². The van der Waals surface area contributed by atoms with E-state index < -0.39 is 0 Å². The van der Waals surface area contributed by atoms with E-state index in [4.69, 9.17) is 10.1 Å². The molecule has 0 radical (unpaired) electrons. The molecular weight excluding hydrogens is 70.3 g/mol. The van der Waals surface area contributed by atoms with E-state index in [1.54, 1.807) is 0 Å². The third-order valence-electron chi connectivity index (χ3n) is 0. The Kier molecular flexibility index (Phi) is 24.3. The highest BCUT2D eigenvalue weighted by Gasteiger charge is 1.10. The number of nitrogens with one attached hydrogen (secondary N) is 1. The molecule has 1 N–H and O–H groups in total.